The van der Waals surface area contributed by atoms with Crippen molar-refractivity contribution in [3.63, 3.8) is 0 Å². The Kier molecular flexibility index (Phi) is 9.23. The highest BCUT2D eigenvalue weighted by Crippen LogP contribution is 1.94. The van der Waals surface area contributed by atoms with Crippen LogP contribution in [0.3, 0.4) is 0 Å². The van der Waals surface area contributed by atoms with Gasteiger partial charge in [-0.05, 0) is 6.42 Å². The van der Waals surface area contributed by atoms with Crippen LogP contribution in [0.2, 0.25) is 0 Å². The Morgan fingerprint density at radius 1 is 1.21 bits per heavy atom. The van der Waals surface area contributed by atoms with Gasteiger partial charge in [-0.3, -0.25) is 0 Å². The van der Waals surface area contributed by atoms with Crippen molar-refractivity contribution in [2.24, 2.45) is 0 Å². The second-order valence-corrected chi connectivity index (χ2v) is 2.97. The van der Waals surface area contributed by atoms with Crippen LogP contribution < -0.4 is 5.32 Å². The fourth-order valence-electron chi connectivity index (χ4n) is 1.13. The number of aliphatic hydroxyl groups excluding tert-OH is 1. The minimum atomic E-state index is -0.256. The van der Waals surface area contributed by atoms with E-state index in [1.807, 2.05) is 0 Å². The molecule has 14 heavy (non-hydrogen) atoms. The molecule has 1 atom stereocenters. The third kappa shape index (κ3) is 6.28. The van der Waals surface area contributed by atoms with Crippen LogP contribution in [-0.4, -0.2) is 58.5 Å². The van der Waals surface area contributed by atoms with Crippen molar-refractivity contribution in [2.75, 3.05) is 41.1 Å². The summed E-state index contributed by atoms with van der Waals surface area (Å²) in [4.78, 5) is 0. The van der Waals surface area contributed by atoms with Crippen LogP contribution in [-0.2, 0) is 14.2 Å². The summed E-state index contributed by atoms with van der Waals surface area (Å²) in [6.07, 6.45) is 0.404. The lowest BCUT2D eigenvalue weighted by atomic mass is 10.2. The first-order valence-corrected chi connectivity index (χ1v) is 4.67. The molecule has 0 saturated heterocycles. The highest BCUT2D eigenvalue weighted by molar-refractivity contribution is 4.66. The first-order chi connectivity index (χ1) is 6.78. The Hall–Kier alpha value is -0.200. The van der Waals surface area contributed by atoms with Gasteiger partial charge in [0, 0.05) is 40.5 Å². The van der Waals surface area contributed by atoms with Gasteiger partial charge in [-0.25, -0.2) is 0 Å². The second kappa shape index (κ2) is 9.36. The van der Waals surface area contributed by atoms with Gasteiger partial charge in [-0.2, -0.15) is 0 Å². The Morgan fingerprint density at radius 3 is 2.29 bits per heavy atom. The smallest absolute Gasteiger partial charge is 0.169 e. The molecule has 5 heteroatoms. The van der Waals surface area contributed by atoms with Crippen molar-refractivity contribution in [1.82, 2.24) is 5.32 Å². The average molecular weight is 207 g/mol. The monoisotopic (exact) mass is 207 g/mol. The van der Waals surface area contributed by atoms with Gasteiger partial charge in [-0.15, -0.1) is 0 Å². The zero-order valence-electron chi connectivity index (χ0n) is 9.16. The van der Waals surface area contributed by atoms with Crippen molar-refractivity contribution in [1.29, 1.82) is 0 Å². The van der Waals surface area contributed by atoms with Crippen LogP contribution in [0.5, 0.6) is 0 Å². The Labute approximate surface area is 85.3 Å². The summed E-state index contributed by atoms with van der Waals surface area (Å²) < 4.78 is 15.0. The predicted molar refractivity (Wildman–Crippen MR) is 53.2 cm³/mol. The van der Waals surface area contributed by atoms with Crippen molar-refractivity contribution >= 4 is 0 Å². The number of hydrogen-bond donors (Lipinski definition) is 2. The molecule has 5 nitrogen and oxygen atoms in total. The van der Waals surface area contributed by atoms with Gasteiger partial charge in [0.15, 0.2) is 6.29 Å². The zero-order valence-corrected chi connectivity index (χ0v) is 9.16. The molecule has 86 valence electrons. The van der Waals surface area contributed by atoms with E-state index in [9.17, 15) is 0 Å². The van der Waals surface area contributed by atoms with Crippen LogP contribution in [0.25, 0.3) is 0 Å². The lowest BCUT2D eigenvalue weighted by Crippen LogP contribution is -2.40. The average Bonchev–Trinajstić information content (AvgIpc) is 2.20. The summed E-state index contributed by atoms with van der Waals surface area (Å²) in [6.45, 7) is 1.30. The van der Waals surface area contributed by atoms with Gasteiger partial charge in [0.1, 0.15) is 0 Å². The minimum absolute atomic E-state index is 0.137. The summed E-state index contributed by atoms with van der Waals surface area (Å²) in [7, 11) is 4.82. The van der Waals surface area contributed by atoms with Crippen molar-refractivity contribution in [2.45, 2.75) is 18.8 Å². The topological polar surface area (TPSA) is 60.0 Å². The molecule has 0 bridgehead atoms. The molecule has 0 aliphatic rings. The maximum atomic E-state index is 8.78. The number of methoxy groups -OCH3 is 3. The first-order valence-electron chi connectivity index (χ1n) is 4.67. The molecule has 0 spiro atoms. The van der Waals surface area contributed by atoms with Gasteiger partial charge in [0.2, 0.25) is 0 Å². The third-order valence-electron chi connectivity index (χ3n) is 1.94. The Morgan fingerprint density at radius 2 is 1.86 bits per heavy atom. The van der Waals surface area contributed by atoms with E-state index in [0.29, 0.717) is 19.6 Å². The van der Waals surface area contributed by atoms with E-state index in [1.54, 1.807) is 21.3 Å². The Balaban J connectivity index is 3.67. The van der Waals surface area contributed by atoms with Crippen molar-refractivity contribution in [3.05, 3.63) is 0 Å². The molecule has 0 heterocycles. The van der Waals surface area contributed by atoms with Crippen LogP contribution in [0.1, 0.15) is 6.42 Å². The van der Waals surface area contributed by atoms with Crippen LogP contribution in [0.4, 0.5) is 0 Å². The molecule has 0 aromatic rings. The van der Waals surface area contributed by atoms with Gasteiger partial charge in [-0.1, -0.05) is 0 Å². The fraction of sp³-hybridized carbons (Fsp3) is 1.00. The van der Waals surface area contributed by atoms with Crippen molar-refractivity contribution < 1.29 is 19.3 Å². The molecular weight excluding hydrogens is 186 g/mol. The molecule has 2 N–H and O–H groups in total. The standard InChI is InChI=1S/C9H21NO4/c1-12-7-8(4-5-11)10-6-9(13-2)14-3/h8-11H,4-7H2,1-3H3. The van der Waals surface area contributed by atoms with E-state index < -0.39 is 0 Å². The summed E-state index contributed by atoms with van der Waals surface area (Å²) in [6, 6.07) is 0.137. The zero-order chi connectivity index (χ0) is 10.8. The summed E-state index contributed by atoms with van der Waals surface area (Å²) in [5, 5.41) is 12.0. The van der Waals surface area contributed by atoms with E-state index in [4.69, 9.17) is 19.3 Å². The second-order valence-electron chi connectivity index (χ2n) is 2.97. The maximum Gasteiger partial charge on any atom is 0.169 e. The molecule has 0 aliphatic carbocycles. The third-order valence-corrected chi connectivity index (χ3v) is 1.94. The SMILES string of the molecule is COCC(CCO)NCC(OC)OC. The molecule has 1 unspecified atom stereocenters. The van der Waals surface area contributed by atoms with E-state index >= 15 is 0 Å². The van der Waals surface area contributed by atoms with E-state index in [2.05, 4.69) is 5.32 Å². The van der Waals surface area contributed by atoms with Gasteiger partial charge < -0.3 is 24.6 Å². The number of aliphatic hydroxyl groups is 1. The summed E-state index contributed by atoms with van der Waals surface area (Å²) in [5.41, 5.74) is 0. The summed E-state index contributed by atoms with van der Waals surface area (Å²) in [5.74, 6) is 0. The van der Waals surface area contributed by atoms with E-state index in [0.717, 1.165) is 0 Å². The lowest BCUT2D eigenvalue weighted by molar-refractivity contribution is -0.101. The minimum Gasteiger partial charge on any atom is -0.396 e. The molecule has 0 fully saturated rings. The quantitative estimate of drug-likeness (QED) is 0.503. The molecular formula is C9H21NO4. The molecule has 0 saturated carbocycles. The molecule has 0 rings (SSSR count). The molecule has 0 amide bonds. The predicted octanol–water partition coefficient (Wildman–Crippen LogP) is -0.408. The number of ether oxygens (including phenoxy) is 3. The van der Waals surface area contributed by atoms with E-state index in [1.165, 1.54) is 0 Å². The van der Waals surface area contributed by atoms with Crippen LogP contribution in [0.15, 0.2) is 0 Å². The first kappa shape index (κ1) is 13.8. The maximum absolute atomic E-state index is 8.78. The highest BCUT2D eigenvalue weighted by atomic mass is 16.7. The number of nitrogens with one attached hydrogen (secondary N) is 1. The van der Waals surface area contributed by atoms with Crippen molar-refractivity contribution in [3.8, 4) is 0 Å². The van der Waals surface area contributed by atoms with Gasteiger partial charge >= 0.3 is 0 Å². The molecule has 0 aliphatic heterocycles. The highest BCUT2D eigenvalue weighted by Gasteiger charge is 2.10. The fourth-order valence-corrected chi connectivity index (χ4v) is 1.13. The Bertz CT molecular complexity index is 113. The van der Waals surface area contributed by atoms with Crippen LogP contribution in [0, 0.1) is 0 Å². The van der Waals surface area contributed by atoms with Gasteiger partial charge in [0.25, 0.3) is 0 Å². The lowest BCUT2D eigenvalue weighted by Gasteiger charge is -2.20. The van der Waals surface area contributed by atoms with Crippen LogP contribution >= 0.6 is 0 Å². The molecule has 0 aromatic carbocycles. The number of hydrogen-bond acceptors (Lipinski definition) is 5. The molecule has 0 aromatic heterocycles. The molecule has 0 radical (unpaired) electrons. The normalized spacial score (nSPS) is 13.5. The largest absolute Gasteiger partial charge is 0.396 e. The summed E-state index contributed by atoms with van der Waals surface area (Å²) >= 11 is 0. The number of rotatable bonds is 9. The van der Waals surface area contributed by atoms with Gasteiger partial charge in [0.05, 0.1) is 6.61 Å². The van der Waals surface area contributed by atoms with E-state index in [-0.39, 0.29) is 18.9 Å².